The Kier molecular flexibility index (Phi) is 4.01. The van der Waals surface area contributed by atoms with E-state index < -0.39 is 0 Å². The second-order valence-electron chi connectivity index (χ2n) is 5.82. The molecule has 0 amide bonds. The molecule has 0 unspecified atom stereocenters. The molecule has 4 nitrogen and oxygen atoms in total. The number of fused-ring (bicyclic) bond motifs is 1. The summed E-state index contributed by atoms with van der Waals surface area (Å²) in [7, 11) is 1.97. The molecule has 122 valence electrons. The molecule has 1 heterocycles. The third kappa shape index (κ3) is 3.02. The molecule has 0 saturated heterocycles. The molecule has 4 heteroatoms. The molecule has 25 heavy (non-hydrogen) atoms. The van der Waals surface area contributed by atoms with Crippen LogP contribution in [-0.4, -0.2) is 17.2 Å². The molecule has 0 atom stereocenters. The van der Waals surface area contributed by atoms with Crippen LogP contribution in [0.15, 0.2) is 84.9 Å². The fourth-order valence-corrected chi connectivity index (χ4v) is 2.87. The Morgan fingerprint density at radius 2 is 1.28 bits per heavy atom. The van der Waals surface area contributed by atoms with Crippen molar-refractivity contribution in [2.24, 2.45) is 0 Å². The Balaban J connectivity index is 1.77. The van der Waals surface area contributed by atoms with Gasteiger partial charge >= 0.3 is 0 Å². The normalized spacial score (nSPS) is 10.6. The van der Waals surface area contributed by atoms with Crippen molar-refractivity contribution in [3.63, 3.8) is 0 Å². The summed E-state index contributed by atoms with van der Waals surface area (Å²) in [5, 5.41) is 13.0. The van der Waals surface area contributed by atoms with Gasteiger partial charge in [-0.2, -0.15) is 0 Å². The molecule has 0 aliphatic rings. The van der Waals surface area contributed by atoms with Gasteiger partial charge in [-0.1, -0.05) is 72.8 Å². The zero-order valence-corrected chi connectivity index (χ0v) is 13.9. The third-order valence-electron chi connectivity index (χ3n) is 4.15. The number of benzene rings is 3. The van der Waals surface area contributed by atoms with Crippen molar-refractivity contribution in [1.29, 1.82) is 0 Å². The second kappa shape index (κ2) is 6.61. The van der Waals surface area contributed by atoms with Crippen LogP contribution in [0, 0.1) is 0 Å². The third-order valence-corrected chi connectivity index (χ3v) is 4.15. The maximum atomic E-state index is 4.48. The monoisotopic (exact) mass is 326 g/mol. The van der Waals surface area contributed by atoms with Gasteiger partial charge in [0.15, 0.2) is 5.82 Å². The smallest absolute Gasteiger partial charge is 0.175 e. The SMILES string of the molecule is CN(Nc1nnc(-c2ccccc2)c2ccccc12)c1ccccc1. The molecule has 0 aliphatic carbocycles. The van der Waals surface area contributed by atoms with E-state index in [1.54, 1.807) is 0 Å². The first-order chi connectivity index (χ1) is 12.3. The molecule has 0 radical (unpaired) electrons. The van der Waals surface area contributed by atoms with Crippen LogP contribution in [0.5, 0.6) is 0 Å². The van der Waals surface area contributed by atoms with Gasteiger partial charge in [0.25, 0.3) is 0 Å². The quantitative estimate of drug-likeness (QED) is 0.549. The number of hydrazine groups is 1. The molecule has 0 spiro atoms. The Labute approximate surface area is 146 Å². The fourth-order valence-electron chi connectivity index (χ4n) is 2.87. The first-order valence-electron chi connectivity index (χ1n) is 8.19. The summed E-state index contributed by atoms with van der Waals surface area (Å²) in [5.74, 6) is 0.738. The van der Waals surface area contributed by atoms with Crippen molar-refractivity contribution in [3.8, 4) is 11.3 Å². The first-order valence-corrected chi connectivity index (χ1v) is 8.19. The van der Waals surface area contributed by atoms with Gasteiger partial charge in [-0.3, -0.25) is 10.4 Å². The van der Waals surface area contributed by atoms with Crippen molar-refractivity contribution in [2.45, 2.75) is 0 Å². The highest BCUT2D eigenvalue weighted by molar-refractivity contribution is 6.00. The topological polar surface area (TPSA) is 41.0 Å². The zero-order chi connectivity index (χ0) is 17.1. The molecule has 4 aromatic rings. The lowest BCUT2D eigenvalue weighted by atomic mass is 10.0. The van der Waals surface area contributed by atoms with E-state index in [-0.39, 0.29) is 0 Å². The van der Waals surface area contributed by atoms with Gasteiger partial charge in [-0.15, -0.1) is 10.2 Å². The van der Waals surface area contributed by atoms with Crippen LogP contribution in [0.2, 0.25) is 0 Å². The second-order valence-corrected chi connectivity index (χ2v) is 5.82. The highest BCUT2D eigenvalue weighted by Crippen LogP contribution is 2.29. The molecule has 1 N–H and O–H groups in total. The number of para-hydroxylation sites is 1. The standard InChI is InChI=1S/C21H18N4/c1-25(17-12-6-3-7-13-17)24-21-19-15-9-8-14-18(19)20(22-23-21)16-10-4-2-5-11-16/h2-15H,1H3,(H,23,24). The van der Waals surface area contributed by atoms with Crippen LogP contribution in [0.3, 0.4) is 0 Å². The number of hydrogen-bond donors (Lipinski definition) is 1. The van der Waals surface area contributed by atoms with Crippen LogP contribution >= 0.6 is 0 Å². The predicted octanol–water partition coefficient (Wildman–Crippen LogP) is 4.76. The van der Waals surface area contributed by atoms with E-state index in [0.717, 1.165) is 33.5 Å². The Morgan fingerprint density at radius 3 is 2.00 bits per heavy atom. The predicted molar refractivity (Wildman–Crippen MR) is 103 cm³/mol. The number of anilines is 2. The number of aromatic nitrogens is 2. The molecule has 3 aromatic carbocycles. The average molecular weight is 326 g/mol. The zero-order valence-electron chi connectivity index (χ0n) is 13.9. The Morgan fingerprint density at radius 1 is 0.680 bits per heavy atom. The summed E-state index contributed by atoms with van der Waals surface area (Å²) in [5.41, 5.74) is 6.35. The van der Waals surface area contributed by atoms with E-state index in [1.807, 2.05) is 72.7 Å². The molecular formula is C21H18N4. The van der Waals surface area contributed by atoms with E-state index >= 15 is 0 Å². The van der Waals surface area contributed by atoms with Crippen molar-refractivity contribution in [2.75, 3.05) is 17.5 Å². The lowest BCUT2D eigenvalue weighted by Gasteiger charge is -2.21. The van der Waals surface area contributed by atoms with E-state index in [0.29, 0.717) is 0 Å². The summed E-state index contributed by atoms with van der Waals surface area (Å²) >= 11 is 0. The maximum Gasteiger partial charge on any atom is 0.175 e. The van der Waals surface area contributed by atoms with Crippen LogP contribution in [0.1, 0.15) is 0 Å². The van der Waals surface area contributed by atoms with Crippen LogP contribution < -0.4 is 10.4 Å². The maximum absolute atomic E-state index is 4.48. The first kappa shape index (κ1) is 15.1. The fraction of sp³-hybridized carbons (Fsp3) is 0.0476. The number of nitrogens with one attached hydrogen (secondary N) is 1. The molecular weight excluding hydrogens is 308 g/mol. The molecule has 0 fully saturated rings. The van der Waals surface area contributed by atoms with Gasteiger partial charge in [-0.25, -0.2) is 0 Å². The summed E-state index contributed by atoms with van der Waals surface area (Å²) in [6.07, 6.45) is 0. The van der Waals surface area contributed by atoms with Crippen molar-refractivity contribution >= 4 is 22.3 Å². The minimum Gasteiger partial charge on any atom is -0.290 e. The number of hydrogen-bond acceptors (Lipinski definition) is 4. The van der Waals surface area contributed by atoms with Crippen LogP contribution in [0.4, 0.5) is 11.5 Å². The van der Waals surface area contributed by atoms with Gasteiger partial charge in [0.1, 0.15) is 5.69 Å². The van der Waals surface area contributed by atoms with Gasteiger partial charge in [0.05, 0.1) is 5.69 Å². The van der Waals surface area contributed by atoms with E-state index in [4.69, 9.17) is 0 Å². The Bertz CT molecular complexity index is 984. The van der Waals surface area contributed by atoms with Crippen LogP contribution in [0.25, 0.3) is 22.0 Å². The molecule has 0 saturated carbocycles. The molecule has 0 bridgehead atoms. The minimum absolute atomic E-state index is 0.738. The van der Waals surface area contributed by atoms with Crippen molar-refractivity contribution in [3.05, 3.63) is 84.9 Å². The average Bonchev–Trinajstić information content (AvgIpc) is 2.69. The molecule has 0 aliphatic heterocycles. The van der Waals surface area contributed by atoms with Crippen molar-refractivity contribution < 1.29 is 0 Å². The minimum atomic E-state index is 0.738. The summed E-state index contributed by atoms with van der Waals surface area (Å²) < 4.78 is 0. The van der Waals surface area contributed by atoms with Gasteiger partial charge in [0, 0.05) is 23.4 Å². The largest absolute Gasteiger partial charge is 0.290 e. The van der Waals surface area contributed by atoms with Crippen molar-refractivity contribution in [1.82, 2.24) is 10.2 Å². The van der Waals surface area contributed by atoms with Gasteiger partial charge in [-0.05, 0) is 12.1 Å². The molecule has 4 rings (SSSR count). The van der Waals surface area contributed by atoms with E-state index in [9.17, 15) is 0 Å². The highest BCUT2D eigenvalue weighted by atomic mass is 15.5. The summed E-state index contributed by atoms with van der Waals surface area (Å²) in [6, 6.07) is 28.4. The summed E-state index contributed by atoms with van der Waals surface area (Å²) in [4.78, 5) is 0. The lowest BCUT2D eigenvalue weighted by molar-refractivity contribution is 1.00. The number of rotatable bonds is 4. The molecule has 1 aromatic heterocycles. The Hall–Kier alpha value is -3.40. The number of nitrogens with zero attached hydrogens (tertiary/aromatic N) is 3. The van der Waals surface area contributed by atoms with Gasteiger partial charge < -0.3 is 0 Å². The van der Waals surface area contributed by atoms with E-state index in [2.05, 4.69) is 39.9 Å². The van der Waals surface area contributed by atoms with Crippen LogP contribution in [-0.2, 0) is 0 Å². The summed E-state index contributed by atoms with van der Waals surface area (Å²) in [6.45, 7) is 0. The highest BCUT2D eigenvalue weighted by Gasteiger charge is 2.11. The van der Waals surface area contributed by atoms with E-state index in [1.165, 1.54) is 0 Å². The lowest BCUT2D eigenvalue weighted by Crippen LogP contribution is -2.25. The van der Waals surface area contributed by atoms with Gasteiger partial charge in [0.2, 0.25) is 0 Å².